The molecule has 2 rings (SSSR count). The van der Waals surface area contributed by atoms with Crippen molar-refractivity contribution < 1.29 is 4.74 Å². The average molecular weight is 297 g/mol. The van der Waals surface area contributed by atoms with E-state index < -0.39 is 0 Å². The second-order valence-electron chi connectivity index (χ2n) is 5.18. The molecule has 2 unspecified atom stereocenters. The molecule has 0 saturated heterocycles. The van der Waals surface area contributed by atoms with E-state index in [2.05, 4.69) is 40.3 Å². The maximum Gasteiger partial charge on any atom is 0.245 e. The lowest BCUT2D eigenvalue weighted by Crippen LogP contribution is -2.12. The van der Waals surface area contributed by atoms with Gasteiger partial charge in [-0.05, 0) is 19.3 Å². The molecule has 0 bridgehead atoms. The lowest BCUT2D eigenvalue weighted by molar-refractivity contribution is 0.396. The standard InChI is InChI=1S/C14H21ClN4O/c1-5-9(2)6-10(3)19-11(7-15)18-12-13(19)16-8-17-14(12)20-4/h8-10H,5-7H2,1-4H3. The zero-order valence-corrected chi connectivity index (χ0v) is 13.2. The smallest absolute Gasteiger partial charge is 0.245 e. The molecule has 2 atom stereocenters. The molecule has 0 aromatic carbocycles. The van der Waals surface area contributed by atoms with E-state index in [0.717, 1.165) is 24.3 Å². The minimum Gasteiger partial charge on any atom is -0.479 e. The van der Waals surface area contributed by atoms with Crippen LogP contribution in [0.5, 0.6) is 5.88 Å². The molecular weight excluding hydrogens is 276 g/mol. The molecule has 5 nitrogen and oxygen atoms in total. The van der Waals surface area contributed by atoms with Gasteiger partial charge in [-0.15, -0.1) is 11.6 Å². The van der Waals surface area contributed by atoms with Crippen LogP contribution >= 0.6 is 11.6 Å². The van der Waals surface area contributed by atoms with Crippen molar-refractivity contribution in [3.05, 3.63) is 12.2 Å². The molecule has 0 saturated carbocycles. The number of hydrogen-bond acceptors (Lipinski definition) is 4. The fraction of sp³-hybridized carbons (Fsp3) is 0.643. The summed E-state index contributed by atoms with van der Waals surface area (Å²) in [7, 11) is 1.59. The Hall–Kier alpha value is -1.36. The number of rotatable bonds is 6. The third kappa shape index (κ3) is 2.73. The average Bonchev–Trinajstić information content (AvgIpc) is 2.85. The quantitative estimate of drug-likeness (QED) is 0.765. The van der Waals surface area contributed by atoms with Crippen molar-refractivity contribution in [1.82, 2.24) is 19.5 Å². The highest BCUT2D eigenvalue weighted by atomic mass is 35.5. The van der Waals surface area contributed by atoms with Gasteiger partial charge in [0.15, 0.2) is 11.2 Å². The van der Waals surface area contributed by atoms with E-state index in [0.29, 0.717) is 29.2 Å². The Bertz CT molecular complexity index is 584. The fourth-order valence-electron chi connectivity index (χ4n) is 2.49. The van der Waals surface area contributed by atoms with Gasteiger partial charge < -0.3 is 9.30 Å². The van der Waals surface area contributed by atoms with Gasteiger partial charge in [0.25, 0.3) is 0 Å². The Morgan fingerprint density at radius 2 is 2.10 bits per heavy atom. The third-order valence-corrected chi connectivity index (χ3v) is 3.95. The number of nitrogens with zero attached hydrogens (tertiary/aromatic N) is 4. The molecule has 0 N–H and O–H groups in total. The molecule has 0 fully saturated rings. The van der Waals surface area contributed by atoms with Crippen molar-refractivity contribution in [3.8, 4) is 5.88 Å². The second kappa shape index (κ2) is 6.39. The zero-order chi connectivity index (χ0) is 14.7. The highest BCUT2D eigenvalue weighted by Gasteiger charge is 2.20. The van der Waals surface area contributed by atoms with Crippen molar-refractivity contribution in [1.29, 1.82) is 0 Å². The van der Waals surface area contributed by atoms with Gasteiger partial charge in [0, 0.05) is 6.04 Å². The lowest BCUT2D eigenvalue weighted by atomic mass is 10.0. The number of imidazole rings is 1. The van der Waals surface area contributed by atoms with Crippen LogP contribution < -0.4 is 4.74 Å². The molecule has 2 heterocycles. The normalized spacial score (nSPS) is 14.4. The lowest BCUT2D eigenvalue weighted by Gasteiger charge is -2.19. The van der Waals surface area contributed by atoms with Crippen molar-refractivity contribution in [2.75, 3.05) is 7.11 Å². The minimum absolute atomic E-state index is 0.295. The zero-order valence-electron chi connectivity index (χ0n) is 12.4. The highest BCUT2D eigenvalue weighted by Crippen LogP contribution is 2.29. The van der Waals surface area contributed by atoms with Crippen LogP contribution in [0.3, 0.4) is 0 Å². The van der Waals surface area contributed by atoms with Gasteiger partial charge in [-0.2, -0.15) is 4.98 Å². The molecule has 0 spiro atoms. The Balaban J connectivity index is 2.50. The van der Waals surface area contributed by atoms with Gasteiger partial charge in [0.05, 0.1) is 13.0 Å². The Kier molecular flexibility index (Phi) is 4.81. The molecule has 2 aromatic heterocycles. The Morgan fingerprint density at radius 3 is 2.70 bits per heavy atom. The van der Waals surface area contributed by atoms with Crippen molar-refractivity contribution in [3.63, 3.8) is 0 Å². The first-order valence-electron chi connectivity index (χ1n) is 6.94. The summed E-state index contributed by atoms with van der Waals surface area (Å²) < 4.78 is 7.36. The molecule has 20 heavy (non-hydrogen) atoms. The van der Waals surface area contributed by atoms with E-state index >= 15 is 0 Å². The molecule has 0 aliphatic carbocycles. The number of hydrogen-bond donors (Lipinski definition) is 0. The van der Waals surface area contributed by atoms with Crippen LogP contribution in [0.15, 0.2) is 6.33 Å². The topological polar surface area (TPSA) is 52.8 Å². The second-order valence-corrected chi connectivity index (χ2v) is 5.45. The van der Waals surface area contributed by atoms with Gasteiger partial charge in [0.2, 0.25) is 5.88 Å². The van der Waals surface area contributed by atoms with Crippen LogP contribution in [0.1, 0.15) is 45.5 Å². The van der Waals surface area contributed by atoms with E-state index in [1.807, 2.05) is 0 Å². The molecule has 110 valence electrons. The van der Waals surface area contributed by atoms with Crippen LogP contribution in [0.2, 0.25) is 0 Å². The summed E-state index contributed by atoms with van der Waals surface area (Å²) in [5, 5.41) is 0. The number of aromatic nitrogens is 4. The minimum atomic E-state index is 0.295. The van der Waals surface area contributed by atoms with E-state index in [9.17, 15) is 0 Å². The van der Waals surface area contributed by atoms with Gasteiger partial charge in [-0.25, -0.2) is 9.97 Å². The first-order valence-corrected chi connectivity index (χ1v) is 7.47. The molecular formula is C14H21ClN4O. The highest BCUT2D eigenvalue weighted by molar-refractivity contribution is 6.16. The third-order valence-electron chi connectivity index (χ3n) is 3.71. The van der Waals surface area contributed by atoms with Crippen molar-refractivity contribution in [2.45, 2.75) is 45.5 Å². The van der Waals surface area contributed by atoms with Gasteiger partial charge in [0.1, 0.15) is 12.2 Å². The van der Waals surface area contributed by atoms with Crippen molar-refractivity contribution >= 4 is 22.8 Å². The molecule has 0 aliphatic heterocycles. The Labute approximate surface area is 124 Å². The molecule has 0 radical (unpaired) electrons. The summed E-state index contributed by atoms with van der Waals surface area (Å²) in [6.45, 7) is 6.64. The number of methoxy groups -OCH3 is 1. The van der Waals surface area contributed by atoms with Crippen LogP contribution in [-0.4, -0.2) is 26.6 Å². The molecule has 0 amide bonds. The van der Waals surface area contributed by atoms with Crippen LogP contribution in [0, 0.1) is 5.92 Å². The predicted octanol–water partition coefficient (Wildman–Crippen LogP) is 3.57. The maximum atomic E-state index is 6.04. The van der Waals surface area contributed by atoms with Crippen molar-refractivity contribution in [2.24, 2.45) is 5.92 Å². The number of ether oxygens (including phenoxy) is 1. The SMILES string of the molecule is CCC(C)CC(C)n1c(CCl)nc2c(OC)ncnc21. The van der Waals surface area contributed by atoms with Crippen LogP contribution in [0.25, 0.3) is 11.2 Å². The van der Waals surface area contributed by atoms with Crippen LogP contribution in [0.4, 0.5) is 0 Å². The van der Waals surface area contributed by atoms with Gasteiger partial charge in [-0.3, -0.25) is 0 Å². The summed E-state index contributed by atoms with van der Waals surface area (Å²) in [6, 6.07) is 0.295. The van der Waals surface area contributed by atoms with Gasteiger partial charge >= 0.3 is 0 Å². The molecule has 6 heteroatoms. The summed E-state index contributed by atoms with van der Waals surface area (Å²) in [4.78, 5) is 13.0. The van der Waals surface area contributed by atoms with E-state index in [1.165, 1.54) is 6.33 Å². The molecule has 0 aliphatic rings. The fourth-order valence-corrected chi connectivity index (χ4v) is 2.68. The first-order chi connectivity index (χ1) is 9.62. The van der Waals surface area contributed by atoms with E-state index in [1.54, 1.807) is 7.11 Å². The summed E-state index contributed by atoms with van der Waals surface area (Å²) in [5.74, 6) is 2.31. The monoisotopic (exact) mass is 296 g/mol. The number of alkyl halides is 1. The van der Waals surface area contributed by atoms with E-state index in [4.69, 9.17) is 16.3 Å². The molecule has 2 aromatic rings. The number of fused-ring (bicyclic) bond motifs is 1. The largest absolute Gasteiger partial charge is 0.479 e. The van der Waals surface area contributed by atoms with Gasteiger partial charge in [-0.1, -0.05) is 20.3 Å². The van der Waals surface area contributed by atoms with Crippen LogP contribution in [-0.2, 0) is 5.88 Å². The predicted molar refractivity (Wildman–Crippen MR) is 80.2 cm³/mol. The summed E-state index contributed by atoms with van der Waals surface area (Å²) in [5.41, 5.74) is 1.48. The maximum absolute atomic E-state index is 6.04. The number of halogens is 1. The van der Waals surface area contributed by atoms with E-state index in [-0.39, 0.29) is 0 Å². The summed E-state index contributed by atoms with van der Waals surface area (Å²) >= 11 is 6.04. The Morgan fingerprint density at radius 1 is 1.35 bits per heavy atom. The summed E-state index contributed by atoms with van der Waals surface area (Å²) in [6.07, 6.45) is 3.73. The first kappa shape index (κ1) is 15.0.